The van der Waals surface area contributed by atoms with E-state index in [1.54, 1.807) is 19.2 Å². The number of hydrogen-bond acceptors (Lipinski definition) is 4. The van der Waals surface area contributed by atoms with Crippen molar-refractivity contribution in [2.45, 2.75) is 19.6 Å². The van der Waals surface area contributed by atoms with Crippen LogP contribution in [-0.2, 0) is 16.1 Å². The number of aromatic nitrogens is 1. The van der Waals surface area contributed by atoms with Gasteiger partial charge in [0, 0.05) is 12.7 Å². The Morgan fingerprint density at radius 3 is 2.57 bits per heavy atom. The van der Waals surface area contributed by atoms with Crippen LogP contribution in [0.5, 0.6) is 5.75 Å². The minimum absolute atomic E-state index is 0.199. The Hall–Kier alpha value is -2.47. The summed E-state index contributed by atoms with van der Waals surface area (Å²) < 4.78 is 10.1. The van der Waals surface area contributed by atoms with Gasteiger partial charge in [-0.1, -0.05) is 23.7 Å². The highest BCUT2D eigenvalue weighted by molar-refractivity contribution is 6.30. The molecule has 7 heteroatoms. The highest BCUT2D eigenvalue weighted by Crippen LogP contribution is 2.12. The molecule has 0 bridgehead atoms. The fourth-order valence-corrected chi connectivity index (χ4v) is 2.00. The number of hydrogen-bond donors (Lipinski definition) is 2. The van der Waals surface area contributed by atoms with Crippen molar-refractivity contribution < 1.29 is 19.1 Å². The second kappa shape index (κ2) is 7.69. The van der Waals surface area contributed by atoms with E-state index in [9.17, 15) is 9.59 Å². The maximum Gasteiger partial charge on any atom is 0.355 e. The maximum atomic E-state index is 12.0. The third kappa shape index (κ3) is 4.75. The van der Waals surface area contributed by atoms with E-state index >= 15 is 0 Å². The highest BCUT2D eigenvalue weighted by Gasteiger charge is 2.19. The Morgan fingerprint density at radius 2 is 2.00 bits per heavy atom. The van der Waals surface area contributed by atoms with E-state index in [0.717, 1.165) is 11.3 Å². The summed E-state index contributed by atoms with van der Waals surface area (Å²) in [6, 6.07) is 8.74. The van der Waals surface area contributed by atoms with E-state index < -0.39 is 12.1 Å². The van der Waals surface area contributed by atoms with Crippen molar-refractivity contribution in [3.8, 4) is 5.75 Å². The zero-order chi connectivity index (χ0) is 16.8. The number of H-pyrrole nitrogens is 1. The Morgan fingerprint density at radius 1 is 1.30 bits per heavy atom. The molecule has 0 aliphatic heterocycles. The Kier molecular flexibility index (Phi) is 5.65. The van der Waals surface area contributed by atoms with Crippen LogP contribution in [0.3, 0.4) is 0 Å². The minimum atomic E-state index is -0.914. The molecule has 0 fully saturated rings. The fourth-order valence-electron chi connectivity index (χ4n) is 1.84. The van der Waals surface area contributed by atoms with Crippen LogP contribution in [0.2, 0.25) is 5.02 Å². The van der Waals surface area contributed by atoms with Crippen molar-refractivity contribution in [2.24, 2.45) is 0 Å². The number of nitrogens with one attached hydrogen (secondary N) is 2. The average molecular weight is 337 g/mol. The molecule has 0 radical (unpaired) electrons. The molecule has 6 nitrogen and oxygen atoms in total. The molecule has 23 heavy (non-hydrogen) atoms. The van der Waals surface area contributed by atoms with Gasteiger partial charge in [-0.15, -0.1) is 0 Å². The number of benzene rings is 1. The number of carbonyl (C=O) groups excluding carboxylic acids is 2. The normalized spacial score (nSPS) is 11.6. The van der Waals surface area contributed by atoms with E-state index in [-0.39, 0.29) is 11.6 Å². The molecule has 1 atom stereocenters. The molecule has 1 aromatic heterocycles. The van der Waals surface area contributed by atoms with Crippen LogP contribution in [0.1, 0.15) is 23.0 Å². The molecule has 0 aliphatic rings. The number of amides is 1. The van der Waals surface area contributed by atoms with Gasteiger partial charge in [-0.05, 0) is 30.7 Å². The zero-order valence-electron chi connectivity index (χ0n) is 12.8. The molecular formula is C16H17ClN2O4. The van der Waals surface area contributed by atoms with Crippen molar-refractivity contribution in [1.82, 2.24) is 10.3 Å². The van der Waals surface area contributed by atoms with Crippen molar-refractivity contribution in [3.05, 3.63) is 52.8 Å². The third-order valence-corrected chi connectivity index (χ3v) is 3.36. The van der Waals surface area contributed by atoms with E-state index in [2.05, 4.69) is 10.3 Å². The van der Waals surface area contributed by atoms with Gasteiger partial charge in [0.25, 0.3) is 5.91 Å². The van der Waals surface area contributed by atoms with E-state index in [1.165, 1.54) is 19.2 Å². The van der Waals surface area contributed by atoms with Gasteiger partial charge < -0.3 is 19.8 Å². The first-order chi connectivity index (χ1) is 11.0. The lowest BCUT2D eigenvalue weighted by atomic mass is 10.2. The van der Waals surface area contributed by atoms with E-state index in [0.29, 0.717) is 11.6 Å². The number of methoxy groups -OCH3 is 1. The summed E-state index contributed by atoms with van der Waals surface area (Å²) in [5.74, 6) is -0.275. The quantitative estimate of drug-likeness (QED) is 0.794. The number of aromatic amines is 1. The summed E-state index contributed by atoms with van der Waals surface area (Å²) in [7, 11) is 1.59. The lowest BCUT2D eigenvalue weighted by Crippen LogP contribution is -2.35. The Labute approximate surface area is 138 Å². The standard InChI is InChI=1S/C16H17ClN2O4/c1-10(23-16(21)14-7-12(17)9-18-14)15(20)19-8-11-3-5-13(22-2)6-4-11/h3-7,9-10,18H,8H2,1-2H3,(H,19,20). The summed E-state index contributed by atoms with van der Waals surface area (Å²) in [6.07, 6.45) is 0.551. The zero-order valence-corrected chi connectivity index (χ0v) is 13.5. The van der Waals surface area contributed by atoms with Crippen LogP contribution in [0.4, 0.5) is 0 Å². The van der Waals surface area contributed by atoms with Crippen LogP contribution in [-0.4, -0.2) is 30.1 Å². The molecule has 2 rings (SSSR count). The summed E-state index contributed by atoms with van der Waals surface area (Å²) in [4.78, 5) is 26.4. The second-order valence-corrected chi connectivity index (χ2v) is 5.28. The first-order valence-corrected chi connectivity index (χ1v) is 7.33. The number of carbonyl (C=O) groups is 2. The summed E-state index contributed by atoms with van der Waals surface area (Å²) >= 11 is 5.72. The van der Waals surface area contributed by atoms with Crippen LogP contribution in [0.25, 0.3) is 0 Å². The Bertz CT molecular complexity index is 682. The summed E-state index contributed by atoms with van der Waals surface area (Å²) in [5.41, 5.74) is 1.11. The van der Waals surface area contributed by atoms with Gasteiger partial charge in [-0.3, -0.25) is 4.79 Å². The lowest BCUT2D eigenvalue weighted by molar-refractivity contribution is -0.129. The first kappa shape index (κ1) is 16.9. The molecule has 2 aromatic rings. The molecule has 0 spiro atoms. The topological polar surface area (TPSA) is 80.4 Å². The highest BCUT2D eigenvalue weighted by atomic mass is 35.5. The fraction of sp³-hybridized carbons (Fsp3) is 0.250. The third-order valence-electron chi connectivity index (χ3n) is 3.15. The van der Waals surface area contributed by atoms with E-state index in [1.807, 2.05) is 12.1 Å². The maximum absolute atomic E-state index is 12.0. The van der Waals surface area contributed by atoms with Gasteiger partial charge in [0.05, 0.1) is 12.1 Å². The smallest absolute Gasteiger partial charge is 0.355 e. The molecule has 1 aromatic carbocycles. The molecule has 1 heterocycles. The van der Waals surface area contributed by atoms with Crippen molar-refractivity contribution in [2.75, 3.05) is 7.11 Å². The van der Waals surface area contributed by atoms with E-state index in [4.69, 9.17) is 21.1 Å². The second-order valence-electron chi connectivity index (χ2n) is 4.84. The van der Waals surface area contributed by atoms with Crippen molar-refractivity contribution in [1.29, 1.82) is 0 Å². The van der Waals surface area contributed by atoms with Crippen LogP contribution >= 0.6 is 11.6 Å². The van der Waals surface area contributed by atoms with Crippen LogP contribution in [0, 0.1) is 0 Å². The van der Waals surface area contributed by atoms with Gasteiger partial charge in [0.2, 0.25) is 0 Å². The number of rotatable bonds is 6. The van der Waals surface area contributed by atoms with Gasteiger partial charge in [0.15, 0.2) is 6.10 Å². The van der Waals surface area contributed by atoms with Crippen molar-refractivity contribution >= 4 is 23.5 Å². The summed E-state index contributed by atoms with van der Waals surface area (Å²) in [6.45, 7) is 1.84. The molecule has 1 unspecified atom stereocenters. The predicted molar refractivity (Wildman–Crippen MR) is 85.5 cm³/mol. The molecule has 0 aliphatic carbocycles. The molecular weight excluding hydrogens is 320 g/mol. The molecule has 2 N–H and O–H groups in total. The lowest BCUT2D eigenvalue weighted by Gasteiger charge is -2.13. The molecule has 122 valence electrons. The molecule has 1 amide bonds. The van der Waals surface area contributed by atoms with Crippen molar-refractivity contribution in [3.63, 3.8) is 0 Å². The van der Waals surface area contributed by atoms with Crippen LogP contribution in [0.15, 0.2) is 36.5 Å². The SMILES string of the molecule is COc1ccc(CNC(=O)C(C)OC(=O)c2cc(Cl)c[nH]2)cc1. The first-order valence-electron chi connectivity index (χ1n) is 6.95. The Balaban J connectivity index is 1.83. The molecule has 0 saturated carbocycles. The monoisotopic (exact) mass is 336 g/mol. The van der Waals surface area contributed by atoms with Crippen LogP contribution < -0.4 is 10.1 Å². The number of halogens is 1. The average Bonchev–Trinajstić information content (AvgIpc) is 2.99. The van der Waals surface area contributed by atoms with Gasteiger partial charge in [-0.2, -0.15) is 0 Å². The number of ether oxygens (including phenoxy) is 2. The largest absolute Gasteiger partial charge is 0.497 e. The summed E-state index contributed by atoms with van der Waals surface area (Å²) in [5, 5.41) is 3.10. The van der Waals surface area contributed by atoms with Gasteiger partial charge in [-0.25, -0.2) is 4.79 Å². The predicted octanol–water partition coefficient (Wildman–Crippen LogP) is 2.54. The van der Waals surface area contributed by atoms with Gasteiger partial charge in [0.1, 0.15) is 11.4 Å². The number of esters is 1. The van der Waals surface area contributed by atoms with Gasteiger partial charge >= 0.3 is 5.97 Å². The minimum Gasteiger partial charge on any atom is -0.497 e. The molecule has 0 saturated heterocycles.